The van der Waals surface area contributed by atoms with E-state index in [0.29, 0.717) is 28.2 Å². The summed E-state index contributed by atoms with van der Waals surface area (Å²) < 4.78 is 5.28. The highest BCUT2D eigenvalue weighted by atomic mass is 32.1. The molecular formula is C28H31N7O2S. The van der Waals surface area contributed by atoms with Crippen molar-refractivity contribution in [2.24, 2.45) is 0 Å². The van der Waals surface area contributed by atoms with Crippen LogP contribution in [-0.2, 0) is 0 Å². The highest BCUT2D eigenvalue weighted by Crippen LogP contribution is 2.33. The molecule has 0 unspecified atom stereocenters. The van der Waals surface area contributed by atoms with Gasteiger partial charge >= 0.3 is 0 Å². The van der Waals surface area contributed by atoms with Crippen molar-refractivity contribution in [2.45, 2.75) is 32.6 Å². The number of ether oxygens (including phenoxy) is 1. The summed E-state index contributed by atoms with van der Waals surface area (Å²) in [4.78, 5) is 34.2. The summed E-state index contributed by atoms with van der Waals surface area (Å²) in [5.41, 5.74) is 4.81. The molecule has 1 aromatic carbocycles. The summed E-state index contributed by atoms with van der Waals surface area (Å²) >= 11 is 1.52. The van der Waals surface area contributed by atoms with Crippen molar-refractivity contribution >= 4 is 34.6 Å². The van der Waals surface area contributed by atoms with Gasteiger partial charge in [-0.3, -0.25) is 9.78 Å². The van der Waals surface area contributed by atoms with Crippen LogP contribution >= 0.6 is 11.3 Å². The molecule has 1 saturated heterocycles. The molecule has 10 heteroatoms. The molecule has 5 rings (SSSR count). The number of amides is 1. The summed E-state index contributed by atoms with van der Waals surface area (Å²) in [5, 5.41) is 7.40. The Labute approximate surface area is 226 Å². The third kappa shape index (κ3) is 5.81. The summed E-state index contributed by atoms with van der Waals surface area (Å²) in [6.45, 7) is 6.03. The number of aromatic nitrogens is 4. The van der Waals surface area contributed by atoms with Crippen LogP contribution in [0, 0.1) is 13.8 Å². The van der Waals surface area contributed by atoms with Crippen LogP contribution in [0.3, 0.4) is 0 Å². The second-order valence-corrected chi connectivity index (χ2v) is 10.6. The minimum absolute atomic E-state index is 0.141. The Morgan fingerprint density at radius 1 is 1.11 bits per heavy atom. The lowest BCUT2D eigenvalue weighted by molar-refractivity contribution is 0.103. The van der Waals surface area contributed by atoms with E-state index in [2.05, 4.69) is 37.5 Å². The highest BCUT2D eigenvalue weighted by molar-refractivity contribution is 7.14. The van der Waals surface area contributed by atoms with E-state index in [-0.39, 0.29) is 5.91 Å². The summed E-state index contributed by atoms with van der Waals surface area (Å²) in [6, 6.07) is 9.44. The molecule has 0 aliphatic carbocycles. The lowest BCUT2D eigenvalue weighted by atomic mass is 9.98. The number of likely N-dealkylation sites (tertiary alicyclic amines) is 1. The number of thiazole rings is 1. The zero-order chi connectivity index (χ0) is 26.6. The van der Waals surface area contributed by atoms with E-state index in [9.17, 15) is 4.79 Å². The minimum Gasteiger partial charge on any atom is -0.495 e. The number of anilines is 3. The number of pyridine rings is 1. The number of hydrogen-bond donors (Lipinski definition) is 2. The fraction of sp³-hybridized carbons (Fsp3) is 0.321. The van der Waals surface area contributed by atoms with Gasteiger partial charge in [0.05, 0.1) is 29.7 Å². The van der Waals surface area contributed by atoms with E-state index in [1.54, 1.807) is 25.7 Å². The Kier molecular flexibility index (Phi) is 7.62. The molecule has 4 heterocycles. The monoisotopic (exact) mass is 529 g/mol. The average Bonchev–Trinajstić information content (AvgIpc) is 3.33. The molecule has 4 aromatic rings. The Balaban J connectivity index is 1.31. The molecule has 1 fully saturated rings. The maximum atomic E-state index is 13.2. The standard InChI is InChI=1S/C28H31N7O2S/c1-17-5-6-21(32-26(36)25-18(2)31-27(38-25)19-8-11-35(3)12-9-19)14-24(17)34-28-30-10-7-23(33-28)20-13-22(37-4)16-29-15-20/h5-7,10,13-16,19H,8-9,11-12H2,1-4H3,(H,32,36)(H,30,33,34). The van der Waals surface area contributed by atoms with Gasteiger partial charge in [0.25, 0.3) is 5.91 Å². The molecule has 1 aliphatic rings. The van der Waals surface area contributed by atoms with Gasteiger partial charge in [-0.15, -0.1) is 11.3 Å². The van der Waals surface area contributed by atoms with E-state index in [0.717, 1.165) is 59.1 Å². The third-order valence-corrected chi connectivity index (χ3v) is 8.05. The quantitative estimate of drug-likeness (QED) is 0.327. The zero-order valence-electron chi connectivity index (χ0n) is 22.0. The van der Waals surface area contributed by atoms with Crippen molar-refractivity contribution in [3.8, 4) is 17.0 Å². The largest absolute Gasteiger partial charge is 0.495 e. The van der Waals surface area contributed by atoms with Crippen LogP contribution in [0.2, 0.25) is 0 Å². The van der Waals surface area contributed by atoms with Gasteiger partial charge in [0.2, 0.25) is 5.95 Å². The van der Waals surface area contributed by atoms with Crippen molar-refractivity contribution in [2.75, 3.05) is 37.9 Å². The number of carbonyl (C=O) groups is 1. The molecule has 9 nitrogen and oxygen atoms in total. The van der Waals surface area contributed by atoms with Gasteiger partial charge < -0.3 is 20.3 Å². The van der Waals surface area contributed by atoms with Crippen molar-refractivity contribution in [1.29, 1.82) is 0 Å². The van der Waals surface area contributed by atoms with Crippen LogP contribution in [0.25, 0.3) is 11.3 Å². The number of rotatable bonds is 7. The Morgan fingerprint density at radius 3 is 2.71 bits per heavy atom. The zero-order valence-corrected chi connectivity index (χ0v) is 22.8. The number of methoxy groups -OCH3 is 1. The predicted molar refractivity (Wildman–Crippen MR) is 151 cm³/mol. The number of hydrogen-bond acceptors (Lipinski definition) is 9. The van der Waals surface area contributed by atoms with Crippen LogP contribution in [-0.4, -0.2) is 58.0 Å². The summed E-state index contributed by atoms with van der Waals surface area (Å²) in [7, 11) is 3.75. The molecule has 3 aromatic heterocycles. The minimum atomic E-state index is -0.141. The smallest absolute Gasteiger partial charge is 0.267 e. The number of benzene rings is 1. The van der Waals surface area contributed by atoms with Crippen LogP contribution in [0.15, 0.2) is 48.9 Å². The van der Waals surface area contributed by atoms with Gasteiger partial charge in [0, 0.05) is 35.2 Å². The van der Waals surface area contributed by atoms with E-state index in [1.165, 1.54) is 11.3 Å². The van der Waals surface area contributed by atoms with Crippen molar-refractivity contribution in [3.63, 3.8) is 0 Å². The van der Waals surface area contributed by atoms with Crippen molar-refractivity contribution < 1.29 is 9.53 Å². The van der Waals surface area contributed by atoms with E-state index in [4.69, 9.17) is 9.72 Å². The second-order valence-electron chi connectivity index (χ2n) is 9.53. The number of aryl methyl sites for hydroxylation is 2. The molecule has 0 spiro atoms. The predicted octanol–water partition coefficient (Wildman–Crippen LogP) is 5.43. The second kappa shape index (κ2) is 11.2. The average molecular weight is 530 g/mol. The van der Waals surface area contributed by atoms with Crippen LogP contribution in [0.5, 0.6) is 5.75 Å². The Morgan fingerprint density at radius 2 is 1.92 bits per heavy atom. The molecular weight excluding hydrogens is 498 g/mol. The van der Waals surface area contributed by atoms with E-state index in [1.807, 2.05) is 44.2 Å². The fourth-order valence-electron chi connectivity index (χ4n) is 4.45. The maximum absolute atomic E-state index is 13.2. The number of piperidine rings is 1. The number of carbonyl (C=O) groups excluding carboxylic acids is 1. The third-order valence-electron chi connectivity index (χ3n) is 6.73. The van der Waals surface area contributed by atoms with E-state index < -0.39 is 0 Å². The molecule has 0 radical (unpaired) electrons. The molecule has 196 valence electrons. The van der Waals surface area contributed by atoms with Gasteiger partial charge in [0.15, 0.2) is 0 Å². The first-order chi connectivity index (χ1) is 18.4. The normalized spacial score (nSPS) is 14.3. The Hall–Kier alpha value is -3.89. The first-order valence-corrected chi connectivity index (χ1v) is 13.4. The van der Waals surface area contributed by atoms with Crippen molar-refractivity contribution in [1.82, 2.24) is 24.8 Å². The summed E-state index contributed by atoms with van der Waals surface area (Å²) in [5.74, 6) is 1.38. The Bertz CT molecular complexity index is 1450. The van der Waals surface area contributed by atoms with Gasteiger partial charge in [-0.2, -0.15) is 0 Å². The van der Waals surface area contributed by atoms with Gasteiger partial charge in [-0.1, -0.05) is 6.07 Å². The number of nitrogens with zero attached hydrogens (tertiary/aromatic N) is 5. The SMILES string of the molecule is COc1cncc(-c2ccnc(Nc3cc(NC(=O)c4sc(C5CCN(C)CC5)nc4C)ccc3C)n2)c1. The van der Waals surface area contributed by atoms with Gasteiger partial charge in [-0.05, 0) is 76.7 Å². The molecule has 1 amide bonds. The molecule has 0 atom stereocenters. The topological polar surface area (TPSA) is 105 Å². The molecule has 0 bridgehead atoms. The van der Waals surface area contributed by atoms with Crippen LogP contribution < -0.4 is 15.4 Å². The lowest BCUT2D eigenvalue weighted by Crippen LogP contribution is -2.29. The number of nitrogens with one attached hydrogen (secondary N) is 2. The van der Waals surface area contributed by atoms with Crippen molar-refractivity contribution in [3.05, 3.63) is 70.1 Å². The molecule has 1 aliphatic heterocycles. The highest BCUT2D eigenvalue weighted by Gasteiger charge is 2.24. The fourth-order valence-corrected chi connectivity index (χ4v) is 5.58. The molecule has 0 saturated carbocycles. The lowest BCUT2D eigenvalue weighted by Gasteiger charge is -2.27. The molecule has 2 N–H and O–H groups in total. The van der Waals surface area contributed by atoms with Gasteiger partial charge in [-0.25, -0.2) is 15.0 Å². The van der Waals surface area contributed by atoms with Gasteiger partial charge in [0.1, 0.15) is 10.6 Å². The van der Waals surface area contributed by atoms with Crippen LogP contribution in [0.1, 0.15) is 44.7 Å². The first-order valence-electron chi connectivity index (χ1n) is 12.6. The van der Waals surface area contributed by atoms with E-state index >= 15 is 0 Å². The van der Waals surface area contributed by atoms with Crippen LogP contribution in [0.4, 0.5) is 17.3 Å². The summed E-state index contributed by atoms with van der Waals surface area (Å²) in [6.07, 6.45) is 7.23. The first kappa shape index (κ1) is 25.7. The maximum Gasteiger partial charge on any atom is 0.267 e. The molecule has 38 heavy (non-hydrogen) atoms.